The van der Waals surface area contributed by atoms with Gasteiger partial charge in [0, 0.05) is 35.3 Å². The first-order chi connectivity index (χ1) is 13.1. The van der Waals surface area contributed by atoms with Crippen LogP contribution in [-0.2, 0) is 6.54 Å². The van der Waals surface area contributed by atoms with E-state index in [-0.39, 0.29) is 0 Å². The van der Waals surface area contributed by atoms with E-state index in [1.54, 1.807) is 51.8 Å². The van der Waals surface area contributed by atoms with Crippen molar-refractivity contribution in [2.75, 3.05) is 26.6 Å². The first kappa shape index (κ1) is 18.6. The van der Waals surface area contributed by atoms with Gasteiger partial charge in [0.25, 0.3) is 0 Å². The van der Waals surface area contributed by atoms with Crippen LogP contribution in [-0.4, -0.2) is 26.3 Å². The second kappa shape index (κ2) is 8.02. The van der Waals surface area contributed by atoms with E-state index < -0.39 is 0 Å². The number of nitriles is 1. The molecule has 0 unspecified atom stereocenters. The Morgan fingerprint density at radius 2 is 1.78 bits per heavy atom. The first-order valence-electron chi connectivity index (χ1n) is 8.12. The zero-order chi connectivity index (χ0) is 19.4. The number of methoxy groups -OCH3 is 3. The lowest BCUT2D eigenvalue weighted by atomic mass is 10.1. The molecule has 1 aromatic heterocycles. The molecule has 0 atom stereocenters. The van der Waals surface area contributed by atoms with E-state index >= 15 is 0 Å². The molecule has 0 aliphatic carbocycles. The summed E-state index contributed by atoms with van der Waals surface area (Å²) in [7, 11) is 4.75. The van der Waals surface area contributed by atoms with Crippen molar-refractivity contribution in [1.82, 2.24) is 4.98 Å². The molecule has 138 valence electrons. The third kappa shape index (κ3) is 3.69. The lowest BCUT2D eigenvalue weighted by Gasteiger charge is -2.17. The van der Waals surface area contributed by atoms with Gasteiger partial charge in [-0.15, -0.1) is 0 Å². The van der Waals surface area contributed by atoms with Crippen molar-refractivity contribution in [2.24, 2.45) is 0 Å². The fraction of sp³-hybridized carbons (Fsp3) is 0.200. The van der Waals surface area contributed by atoms with Crippen LogP contribution in [0.15, 0.2) is 36.5 Å². The first-order valence-corrected chi connectivity index (χ1v) is 8.50. The second-order valence-corrected chi connectivity index (χ2v) is 6.12. The molecule has 6 nitrogen and oxygen atoms in total. The molecule has 0 amide bonds. The highest BCUT2D eigenvalue weighted by Crippen LogP contribution is 2.35. The topological polar surface area (TPSA) is 76.4 Å². The standard InChI is InChI=1S/C20H18ClN3O3/c1-25-14-7-18(26-2)16(19(8-14)27-3)11-24-20-12(9-22)10-23-17-5-4-13(21)6-15(17)20/h4-8,10H,11H2,1-3H3,(H,23,24). The SMILES string of the molecule is COc1cc(OC)c(CNc2c(C#N)cnc3ccc(Cl)cc23)c(OC)c1. The molecule has 0 aliphatic rings. The summed E-state index contributed by atoms with van der Waals surface area (Å²) < 4.78 is 16.2. The van der Waals surface area contributed by atoms with E-state index in [0.29, 0.717) is 40.1 Å². The summed E-state index contributed by atoms with van der Waals surface area (Å²) >= 11 is 6.14. The fourth-order valence-corrected chi connectivity index (χ4v) is 3.04. The van der Waals surface area contributed by atoms with Crippen molar-refractivity contribution in [3.05, 3.63) is 52.7 Å². The smallest absolute Gasteiger partial charge is 0.131 e. The number of aromatic nitrogens is 1. The third-order valence-corrected chi connectivity index (χ3v) is 4.44. The van der Waals surface area contributed by atoms with Crippen LogP contribution in [0.4, 0.5) is 5.69 Å². The minimum atomic E-state index is 0.372. The summed E-state index contributed by atoms with van der Waals surface area (Å²) in [5.41, 5.74) is 2.63. The maximum absolute atomic E-state index is 9.49. The molecule has 3 rings (SSSR count). The Labute approximate surface area is 162 Å². The number of ether oxygens (including phenoxy) is 3. The zero-order valence-electron chi connectivity index (χ0n) is 15.2. The molecule has 0 saturated heterocycles. The van der Waals surface area contributed by atoms with Crippen molar-refractivity contribution in [3.8, 4) is 23.3 Å². The van der Waals surface area contributed by atoms with Crippen LogP contribution in [0, 0.1) is 11.3 Å². The van der Waals surface area contributed by atoms with Crippen molar-refractivity contribution < 1.29 is 14.2 Å². The summed E-state index contributed by atoms with van der Waals surface area (Å²) in [5, 5.41) is 14.1. The van der Waals surface area contributed by atoms with Gasteiger partial charge in [0.15, 0.2) is 0 Å². The largest absolute Gasteiger partial charge is 0.496 e. The Morgan fingerprint density at radius 1 is 1.07 bits per heavy atom. The number of anilines is 1. The molecule has 2 aromatic carbocycles. The number of fused-ring (bicyclic) bond motifs is 1. The number of hydrogen-bond acceptors (Lipinski definition) is 6. The fourth-order valence-electron chi connectivity index (χ4n) is 2.87. The summed E-state index contributed by atoms with van der Waals surface area (Å²) in [6.45, 7) is 0.372. The van der Waals surface area contributed by atoms with Crippen molar-refractivity contribution >= 4 is 28.2 Å². The maximum atomic E-state index is 9.49. The van der Waals surface area contributed by atoms with Gasteiger partial charge in [-0.2, -0.15) is 5.26 Å². The second-order valence-electron chi connectivity index (χ2n) is 5.68. The van der Waals surface area contributed by atoms with E-state index in [9.17, 15) is 5.26 Å². The Bertz CT molecular complexity index is 1010. The number of nitrogens with one attached hydrogen (secondary N) is 1. The molecule has 1 N–H and O–H groups in total. The zero-order valence-corrected chi connectivity index (χ0v) is 15.9. The van der Waals surface area contributed by atoms with Crippen LogP contribution in [0.2, 0.25) is 5.02 Å². The maximum Gasteiger partial charge on any atom is 0.131 e. The monoisotopic (exact) mass is 383 g/mol. The van der Waals surface area contributed by atoms with Gasteiger partial charge < -0.3 is 19.5 Å². The van der Waals surface area contributed by atoms with Crippen molar-refractivity contribution in [2.45, 2.75) is 6.54 Å². The molecule has 0 radical (unpaired) electrons. The van der Waals surface area contributed by atoms with E-state index in [2.05, 4.69) is 16.4 Å². The van der Waals surface area contributed by atoms with Gasteiger partial charge in [-0.05, 0) is 18.2 Å². The highest BCUT2D eigenvalue weighted by atomic mass is 35.5. The van der Waals surface area contributed by atoms with E-state index in [0.717, 1.165) is 16.5 Å². The highest BCUT2D eigenvalue weighted by molar-refractivity contribution is 6.31. The molecule has 7 heteroatoms. The van der Waals surface area contributed by atoms with Gasteiger partial charge in [-0.1, -0.05) is 11.6 Å². The van der Waals surface area contributed by atoms with Gasteiger partial charge in [-0.3, -0.25) is 4.98 Å². The minimum Gasteiger partial charge on any atom is -0.496 e. The molecule has 3 aromatic rings. The number of halogens is 1. The molecule has 0 aliphatic heterocycles. The van der Waals surface area contributed by atoms with Gasteiger partial charge in [-0.25, -0.2) is 0 Å². The Hall–Kier alpha value is -3.17. The van der Waals surface area contributed by atoms with Crippen LogP contribution in [0.1, 0.15) is 11.1 Å². The number of benzene rings is 2. The molecule has 0 bridgehead atoms. The Morgan fingerprint density at radius 3 is 2.37 bits per heavy atom. The minimum absolute atomic E-state index is 0.372. The lowest BCUT2D eigenvalue weighted by Crippen LogP contribution is -2.06. The normalized spacial score (nSPS) is 10.3. The van der Waals surface area contributed by atoms with E-state index in [1.165, 1.54) is 0 Å². The summed E-state index contributed by atoms with van der Waals surface area (Å²) in [6, 6.07) is 11.1. The molecule has 27 heavy (non-hydrogen) atoms. The number of nitrogens with zero attached hydrogens (tertiary/aromatic N) is 2. The quantitative estimate of drug-likeness (QED) is 0.680. The van der Waals surface area contributed by atoms with Gasteiger partial charge in [0.05, 0.1) is 43.7 Å². The summed E-state index contributed by atoms with van der Waals surface area (Å²) in [6.07, 6.45) is 1.54. The van der Waals surface area contributed by atoms with Gasteiger partial charge in [0.2, 0.25) is 0 Å². The Balaban J connectivity index is 2.05. The van der Waals surface area contributed by atoms with Crippen LogP contribution >= 0.6 is 11.6 Å². The molecular formula is C20H18ClN3O3. The lowest BCUT2D eigenvalue weighted by molar-refractivity contribution is 0.369. The van der Waals surface area contributed by atoms with E-state index in [4.69, 9.17) is 25.8 Å². The molecular weight excluding hydrogens is 366 g/mol. The number of rotatable bonds is 6. The van der Waals surface area contributed by atoms with Crippen LogP contribution in [0.25, 0.3) is 10.9 Å². The van der Waals surface area contributed by atoms with Crippen LogP contribution in [0.5, 0.6) is 17.2 Å². The average Bonchev–Trinajstić information content (AvgIpc) is 2.71. The van der Waals surface area contributed by atoms with Crippen LogP contribution < -0.4 is 19.5 Å². The average molecular weight is 384 g/mol. The van der Waals surface area contributed by atoms with Gasteiger partial charge >= 0.3 is 0 Å². The predicted octanol–water partition coefficient (Wildman–Crippen LogP) is 4.40. The van der Waals surface area contributed by atoms with Crippen molar-refractivity contribution in [1.29, 1.82) is 5.26 Å². The predicted molar refractivity (Wildman–Crippen MR) is 105 cm³/mol. The molecule has 1 heterocycles. The number of pyridine rings is 1. The Kier molecular flexibility index (Phi) is 5.53. The summed E-state index contributed by atoms with van der Waals surface area (Å²) in [4.78, 5) is 4.31. The highest BCUT2D eigenvalue weighted by Gasteiger charge is 2.15. The van der Waals surface area contributed by atoms with Crippen molar-refractivity contribution in [3.63, 3.8) is 0 Å². The van der Waals surface area contributed by atoms with Crippen LogP contribution in [0.3, 0.4) is 0 Å². The molecule has 0 spiro atoms. The molecule has 0 fully saturated rings. The molecule has 0 saturated carbocycles. The third-order valence-electron chi connectivity index (χ3n) is 4.21. The summed E-state index contributed by atoms with van der Waals surface area (Å²) in [5.74, 6) is 1.87. The number of hydrogen-bond donors (Lipinski definition) is 1. The van der Waals surface area contributed by atoms with E-state index in [1.807, 2.05) is 6.07 Å². The van der Waals surface area contributed by atoms with Gasteiger partial charge in [0.1, 0.15) is 23.3 Å².